The molecule has 1 aliphatic carbocycles. The summed E-state index contributed by atoms with van der Waals surface area (Å²) in [7, 11) is 2.09. The molecule has 1 fully saturated rings. The average Bonchev–Trinajstić information content (AvgIpc) is 3.04. The molecule has 0 radical (unpaired) electrons. The minimum absolute atomic E-state index is 0.479. The molecule has 6 nitrogen and oxygen atoms in total. The van der Waals surface area contributed by atoms with Gasteiger partial charge in [0, 0.05) is 31.7 Å². The topological polar surface area (TPSA) is 58.0 Å². The lowest BCUT2D eigenvalue weighted by molar-refractivity contribution is 0.489. The van der Waals surface area contributed by atoms with Crippen LogP contribution in [0.1, 0.15) is 23.5 Å². The molecule has 0 bridgehead atoms. The van der Waals surface area contributed by atoms with Crippen molar-refractivity contribution in [2.24, 2.45) is 0 Å². The quantitative estimate of drug-likeness (QED) is 0.855. The lowest BCUT2D eigenvalue weighted by Crippen LogP contribution is -2.59. The molecule has 2 aliphatic rings. The third-order valence-corrected chi connectivity index (χ3v) is 5.26. The molecule has 0 spiro atoms. The Bertz CT molecular complexity index is 663. The van der Waals surface area contributed by atoms with Gasteiger partial charge in [0.2, 0.25) is 5.13 Å². The average molecular weight is 302 g/mol. The van der Waals surface area contributed by atoms with Crippen molar-refractivity contribution in [3.8, 4) is 0 Å². The number of nitrogens with zero attached hydrogens (tertiary/aromatic N) is 6. The molecule has 4 rings (SSSR count). The maximum atomic E-state index is 4.45. The molecule has 7 heteroatoms. The van der Waals surface area contributed by atoms with Gasteiger partial charge in [-0.15, -0.1) is 5.10 Å². The van der Waals surface area contributed by atoms with E-state index < -0.39 is 0 Å². The van der Waals surface area contributed by atoms with Gasteiger partial charge < -0.3 is 9.80 Å². The van der Waals surface area contributed by atoms with Crippen LogP contribution in [0.4, 0.5) is 10.9 Å². The Kier molecular flexibility index (Phi) is 3.02. The minimum atomic E-state index is 0.479. The van der Waals surface area contributed by atoms with E-state index in [-0.39, 0.29) is 0 Å². The zero-order chi connectivity index (χ0) is 14.4. The Morgan fingerprint density at radius 2 is 2.14 bits per heavy atom. The fourth-order valence-electron chi connectivity index (χ4n) is 2.94. The molecule has 0 aromatic carbocycles. The summed E-state index contributed by atoms with van der Waals surface area (Å²) in [5.74, 6) is 1.87. The molecule has 0 unspecified atom stereocenters. The zero-order valence-electron chi connectivity index (χ0n) is 12.3. The third-order valence-electron chi connectivity index (χ3n) is 4.36. The molecule has 0 amide bonds. The lowest BCUT2D eigenvalue weighted by Gasteiger charge is -2.44. The lowest BCUT2D eigenvalue weighted by atomic mass is 10.1. The van der Waals surface area contributed by atoms with Gasteiger partial charge in [-0.2, -0.15) is 9.47 Å². The van der Waals surface area contributed by atoms with Crippen LogP contribution in [0.25, 0.3) is 0 Å². The third kappa shape index (κ3) is 2.25. The van der Waals surface area contributed by atoms with Crippen LogP contribution >= 0.6 is 11.5 Å². The van der Waals surface area contributed by atoms with Crippen molar-refractivity contribution in [2.45, 2.75) is 32.2 Å². The number of rotatable bonds is 3. The monoisotopic (exact) mass is 302 g/mol. The van der Waals surface area contributed by atoms with E-state index in [1.807, 2.05) is 6.92 Å². The summed E-state index contributed by atoms with van der Waals surface area (Å²) < 4.78 is 4.25. The van der Waals surface area contributed by atoms with E-state index in [0.717, 1.165) is 42.7 Å². The second-order valence-corrected chi connectivity index (χ2v) is 6.55. The number of fused-ring (bicyclic) bond motifs is 1. The molecule has 3 heterocycles. The first kappa shape index (κ1) is 12.9. The highest BCUT2D eigenvalue weighted by atomic mass is 32.1. The van der Waals surface area contributed by atoms with Crippen LogP contribution < -0.4 is 9.80 Å². The zero-order valence-corrected chi connectivity index (χ0v) is 13.1. The number of hydrogen-bond donors (Lipinski definition) is 0. The van der Waals surface area contributed by atoms with Crippen molar-refractivity contribution in [3.63, 3.8) is 0 Å². The van der Waals surface area contributed by atoms with Crippen molar-refractivity contribution < 1.29 is 0 Å². The summed E-state index contributed by atoms with van der Waals surface area (Å²) >= 11 is 1.47. The molecule has 2 aromatic heterocycles. The highest BCUT2D eigenvalue weighted by Gasteiger charge is 2.33. The highest BCUT2D eigenvalue weighted by molar-refractivity contribution is 7.09. The minimum Gasteiger partial charge on any atom is -0.351 e. The van der Waals surface area contributed by atoms with Gasteiger partial charge in [0.05, 0.1) is 11.7 Å². The van der Waals surface area contributed by atoms with Crippen molar-refractivity contribution >= 4 is 22.5 Å². The maximum Gasteiger partial charge on any atom is 0.205 e. The number of hydrogen-bond acceptors (Lipinski definition) is 7. The molecule has 110 valence electrons. The van der Waals surface area contributed by atoms with E-state index >= 15 is 0 Å². The molecular weight excluding hydrogens is 284 g/mol. The largest absolute Gasteiger partial charge is 0.351 e. The summed E-state index contributed by atoms with van der Waals surface area (Å²) in [6.07, 6.45) is 3.46. The fourth-order valence-corrected chi connectivity index (χ4v) is 3.65. The Balaban J connectivity index is 1.43. The van der Waals surface area contributed by atoms with E-state index in [2.05, 4.69) is 42.5 Å². The number of anilines is 2. The Hall–Kier alpha value is -1.76. The first-order chi connectivity index (χ1) is 10.2. The maximum absolute atomic E-state index is 4.45. The summed E-state index contributed by atoms with van der Waals surface area (Å²) in [5, 5.41) is 9.74. The predicted molar refractivity (Wildman–Crippen MR) is 83.1 cm³/mol. The van der Waals surface area contributed by atoms with Crippen molar-refractivity contribution in [2.75, 3.05) is 29.9 Å². The van der Waals surface area contributed by atoms with Crippen molar-refractivity contribution in [1.29, 1.82) is 0 Å². The van der Waals surface area contributed by atoms with Gasteiger partial charge in [-0.25, -0.2) is 4.98 Å². The number of aromatic nitrogens is 4. The molecular formula is C14H18N6S. The standard InChI is InChI=1S/C14H18N6S/c1-9-15-14(21-18-9)19(2)11-7-20(8-11)13-6-10-4-3-5-12(10)16-17-13/h6,11H,3-5,7-8H2,1-2H3. The summed E-state index contributed by atoms with van der Waals surface area (Å²) in [6, 6.07) is 2.70. The first-order valence-electron chi connectivity index (χ1n) is 7.34. The molecule has 0 saturated carbocycles. The number of aryl methyl sites for hydroxylation is 3. The van der Waals surface area contributed by atoms with E-state index in [0.29, 0.717) is 6.04 Å². The SMILES string of the molecule is Cc1nsc(N(C)C2CN(c3cc4c(nn3)CCC4)C2)n1. The Morgan fingerprint density at radius 1 is 1.29 bits per heavy atom. The van der Waals surface area contributed by atoms with Crippen LogP contribution in [0.3, 0.4) is 0 Å². The van der Waals surface area contributed by atoms with Crippen molar-refractivity contribution in [3.05, 3.63) is 23.1 Å². The normalized spacial score (nSPS) is 17.7. The highest BCUT2D eigenvalue weighted by Crippen LogP contribution is 2.28. The van der Waals surface area contributed by atoms with E-state index in [9.17, 15) is 0 Å². The van der Waals surface area contributed by atoms with Gasteiger partial charge in [0.1, 0.15) is 5.82 Å². The molecule has 21 heavy (non-hydrogen) atoms. The van der Waals surface area contributed by atoms with E-state index in [4.69, 9.17) is 0 Å². The molecule has 1 saturated heterocycles. The Labute approximate surface area is 128 Å². The predicted octanol–water partition coefficient (Wildman–Crippen LogP) is 1.45. The van der Waals surface area contributed by atoms with Gasteiger partial charge in [-0.1, -0.05) is 0 Å². The van der Waals surface area contributed by atoms with Crippen LogP contribution in [0.15, 0.2) is 6.07 Å². The second-order valence-electron chi connectivity index (χ2n) is 5.82. The molecule has 0 N–H and O–H groups in total. The first-order valence-corrected chi connectivity index (χ1v) is 8.11. The van der Waals surface area contributed by atoms with Crippen LogP contribution in [0.2, 0.25) is 0 Å². The van der Waals surface area contributed by atoms with E-state index in [1.165, 1.54) is 29.2 Å². The van der Waals surface area contributed by atoms with Crippen LogP contribution in [-0.4, -0.2) is 45.7 Å². The van der Waals surface area contributed by atoms with Crippen LogP contribution in [0, 0.1) is 6.92 Å². The molecule has 1 aliphatic heterocycles. The fraction of sp³-hybridized carbons (Fsp3) is 0.571. The Morgan fingerprint density at radius 3 is 2.90 bits per heavy atom. The van der Waals surface area contributed by atoms with Crippen LogP contribution in [0.5, 0.6) is 0 Å². The van der Waals surface area contributed by atoms with E-state index in [1.54, 1.807) is 0 Å². The second kappa shape index (κ2) is 4.91. The van der Waals surface area contributed by atoms with Gasteiger partial charge >= 0.3 is 0 Å². The summed E-state index contributed by atoms with van der Waals surface area (Å²) in [4.78, 5) is 8.96. The molecule has 0 atom stereocenters. The van der Waals surface area contributed by atoms with Crippen LogP contribution in [-0.2, 0) is 12.8 Å². The summed E-state index contributed by atoms with van der Waals surface area (Å²) in [5.41, 5.74) is 2.58. The van der Waals surface area contributed by atoms with Crippen molar-refractivity contribution in [1.82, 2.24) is 19.6 Å². The van der Waals surface area contributed by atoms with Gasteiger partial charge in [-0.3, -0.25) is 0 Å². The molecule has 2 aromatic rings. The van der Waals surface area contributed by atoms with Gasteiger partial charge in [-0.05, 0) is 37.8 Å². The van der Waals surface area contributed by atoms with Gasteiger partial charge in [0.15, 0.2) is 5.82 Å². The van der Waals surface area contributed by atoms with Gasteiger partial charge in [0.25, 0.3) is 0 Å². The number of likely N-dealkylation sites (N-methyl/N-ethyl adjacent to an activating group) is 1. The smallest absolute Gasteiger partial charge is 0.205 e. The summed E-state index contributed by atoms with van der Waals surface area (Å²) in [6.45, 7) is 3.88.